The summed E-state index contributed by atoms with van der Waals surface area (Å²) in [6, 6.07) is 0.0118. The largest absolute Gasteiger partial charge is 0.370 e. The number of nitrogens with zero attached hydrogens (tertiary/aromatic N) is 1. The first kappa shape index (κ1) is 12.8. The zero-order valence-corrected chi connectivity index (χ0v) is 9.54. The van der Waals surface area contributed by atoms with E-state index < -0.39 is 0 Å². The van der Waals surface area contributed by atoms with Crippen LogP contribution in [0.3, 0.4) is 0 Å². The average Bonchev–Trinajstić information content (AvgIpc) is 2.75. The number of rotatable bonds is 6. The molecule has 1 aliphatic rings. The van der Waals surface area contributed by atoms with Gasteiger partial charge in [0.1, 0.15) is 0 Å². The highest BCUT2D eigenvalue weighted by atomic mass is 16.2. The van der Waals surface area contributed by atoms with Crippen molar-refractivity contribution in [3.8, 4) is 0 Å². The molecule has 6 heteroatoms. The Balaban J connectivity index is 1.98. The van der Waals surface area contributed by atoms with Crippen molar-refractivity contribution in [1.82, 2.24) is 10.6 Å². The van der Waals surface area contributed by atoms with Crippen molar-refractivity contribution in [3.05, 3.63) is 0 Å². The van der Waals surface area contributed by atoms with E-state index in [0.29, 0.717) is 13.1 Å². The predicted molar refractivity (Wildman–Crippen MR) is 63.9 cm³/mol. The number of carbonyl (C=O) groups is 1. The molecule has 1 rings (SSSR count). The van der Waals surface area contributed by atoms with Gasteiger partial charge in [-0.3, -0.25) is 9.79 Å². The van der Waals surface area contributed by atoms with Gasteiger partial charge in [-0.25, -0.2) is 0 Å². The summed E-state index contributed by atoms with van der Waals surface area (Å²) in [5.41, 5.74) is 10.4. The van der Waals surface area contributed by atoms with Gasteiger partial charge in [0.15, 0.2) is 5.96 Å². The summed E-state index contributed by atoms with van der Waals surface area (Å²) in [7, 11) is 0. The first-order valence-electron chi connectivity index (χ1n) is 5.76. The fraction of sp³-hybridized carbons (Fsp3) is 0.800. The Morgan fingerprint density at radius 2 is 2.25 bits per heavy atom. The summed E-state index contributed by atoms with van der Waals surface area (Å²) in [4.78, 5) is 15.4. The molecule has 92 valence electrons. The lowest BCUT2D eigenvalue weighted by atomic mass is 10.2. The second-order valence-corrected chi connectivity index (χ2v) is 3.95. The number of amides is 1. The SMILES string of the molecule is NC(N)=NCCCCNC(=O)[C@@H]1CCCN1. The molecule has 0 bridgehead atoms. The van der Waals surface area contributed by atoms with Crippen molar-refractivity contribution in [3.63, 3.8) is 0 Å². The third-order valence-corrected chi connectivity index (χ3v) is 2.56. The lowest BCUT2D eigenvalue weighted by molar-refractivity contribution is -0.122. The van der Waals surface area contributed by atoms with Gasteiger partial charge >= 0.3 is 0 Å². The van der Waals surface area contributed by atoms with Gasteiger partial charge in [-0.05, 0) is 32.2 Å². The van der Waals surface area contributed by atoms with E-state index in [4.69, 9.17) is 11.5 Å². The zero-order valence-electron chi connectivity index (χ0n) is 9.54. The van der Waals surface area contributed by atoms with E-state index in [2.05, 4.69) is 15.6 Å². The van der Waals surface area contributed by atoms with E-state index in [1.54, 1.807) is 0 Å². The highest BCUT2D eigenvalue weighted by molar-refractivity contribution is 5.81. The van der Waals surface area contributed by atoms with Crippen LogP contribution in [0.5, 0.6) is 0 Å². The molecule has 1 amide bonds. The average molecular weight is 227 g/mol. The summed E-state index contributed by atoms with van der Waals surface area (Å²) < 4.78 is 0. The number of hydrogen-bond acceptors (Lipinski definition) is 3. The molecule has 0 spiro atoms. The van der Waals surface area contributed by atoms with Crippen LogP contribution in [0.25, 0.3) is 0 Å². The Labute approximate surface area is 95.9 Å². The fourth-order valence-electron chi connectivity index (χ4n) is 1.69. The molecule has 0 aromatic rings. The molecule has 6 N–H and O–H groups in total. The number of nitrogens with two attached hydrogens (primary N) is 2. The second-order valence-electron chi connectivity index (χ2n) is 3.95. The van der Waals surface area contributed by atoms with E-state index in [1.807, 2.05) is 0 Å². The van der Waals surface area contributed by atoms with Crippen LogP contribution >= 0.6 is 0 Å². The number of unbranched alkanes of at least 4 members (excludes halogenated alkanes) is 1. The lowest BCUT2D eigenvalue weighted by Gasteiger charge is -2.10. The summed E-state index contributed by atoms with van der Waals surface area (Å²) in [6.07, 6.45) is 3.81. The molecular formula is C10H21N5O. The van der Waals surface area contributed by atoms with Crippen molar-refractivity contribution < 1.29 is 4.79 Å². The Hall–Kier alpha value is -1.30. The summed E-state index contributed by atoms with van der Waals surface area (Å²) in [5, 5.41) is 6.06. The van der Waals surface area contributed by atoms with Gasteiger partial charge in [0.2, 0.25) is 5.91 Å². The molecule has 0 aliphatic carbocycles. The normalized spacial score (nSPS) is 19.4. The van der Waals surface area contributed by atoms with E-state index in [0.717, 1.165) is 32.2 Å². The maximum absolute atomic E-state index is 11.5. The molecule has 1 fully saturated rings. The number of guanidine groups is 1. The van der Waals surface area contributed by atoms with Crippen molar-refractivity contribution in [2.45, 2.75) is 31.7 Å². The third kappa shape index (κ3) is 4.97. The summed E-state index contributed by atoms with van der Waals surface area (Å²) >= 11 is 0. The topological polar surface area (TPSA) is 106 Å². The maximum Gasteiger partial charge on any atom is 0.237 e. The minimum Gasteiger partial charge on any atom is -0.370 e. The van der Waals surface area contributed by atoms with Crippen LogP contribution in [0.1, 0.15) is 25.7 Å². The monoisotopic (exact) mass is 227 g/mol. The quantitative estimate of drug-likeness (QED) is 0.263. The highest BCUT2D eigenvalue weighted by Gasteiger charge is 2.20. The van der Waals surface area contributed by atoms with Gasteiger partial charge in [-0.15, -0.1) is 0 Å². The second kappa shape index (κ2) is 7.05. The maximum atomic E-state index is 11.5. The van der Waals surface area contributed by atoms with Gasteiger partial charge in [-0.2, -0.15) is 0 Å². The number of hydrogen-bond donors (Lipinski definition) is 4. The van der Waals surface area contributed by atoms with Gasteiger partial charge < -0.3 is 22.1 Å². The summed E-state index contributed by atoms with van der Waals surface area (Å²) in [5.74, 6) is 0.235. The molecule has 0 radical (unpaired) electrons. The van der Waals surface area contributed by atoms with Crippen molar-refractivity contribution in [2.24, 2.45) is 16.5 Å². The summed E-state index contributed by atoms with van der Waals surface area (Å²) in [6.45, 7) is 2.26. The molecule has 0 aromatic carbocycles. The minimum absolute atomic E-state index is 0.0118. The molecule has 0 unspecified atom stereocenters. The van der Waals surface area contributed by atoms with E-state index in [1.165, 1.54) is 0 Å². The van der Waals surface area contributed by atoms with Crippen molar-refractivity contribution in [1.29, 1.82) is 0 Å². The molecular weight excluding hydrogens is 206 g/mol. The number of aliphatic imine (C=N–C) groups is 1. The predicted octanol–water partition coefficient (Wildman–Crippen LogP) is -1.09. The molecule has 0 saturated carbocycles. The molecule has 0 aromatic heterocycles. The smallest absolute Gasteiger partial charge is 0.237 e. The Morgan fingerprint density at radius 3 is 2.88 bits per heavy atom. The van der Waals surface area contributed by atoms with Gasteiger partial charge in [0.05, 0.1) is 6.04 Å². The van der Waals surface area contributed by atoms with Crippen LogP contribution < -0.4 is 22.1 Å². The van der Waals surface area contributed by atoms with Crippen LogP contribution in [0, 0.1) is 0 Å². The first-order chi connectivity index (χ1) is 7.70. The fourth-order valence-corrected chi connectivity index (χ4v) is 1.69. The van der Waals surface area contributed by atoms with Crippen LogP contribution in [0.2, 0.25) is 0 Å². The molecule has 1 aliphatic heterocycles. The highest BCUT2D eigenvalue weighted by Crippen LogP contribution is 2.04. The van der Waals surface area contributed by atoms with Gasteiger partial charge in [0.25, 0.3) is 0 Å². The van der Waals surface area contributed by atoms with E-state index in [-0.39, 0.29) is 17.9 Å². The molecule has 1 atom stereocenters. The van der Waals surface area contributed by atoms with Gasteiger partial charge in [0, 0.05) is 13.1 Å². The van der Waals surface area contributed by atoms with Crippen LogP contribution in [0.4, 0.5) is 0 Å². The standard InChI is InChI=1S/C10H21N5O/c11-10(12)15-6-2-1-5-14-9(16)8-4-3-7-13-8/h8,13H,1-7H2,(H,14,16)(H4,11,12,15)/t8-/m0/s1. The Bertz CT molecular complexity index is 244. The van der Waals surface area contributed by atoms with Crippen molar-refractivity contribution in [2.75, 3.05) is 19.6 Å². The lowest BCUT2D eigenvalue weighted by Crippen LogP contribution is -2.40. The van der Waals surface area contributed by atoms with E-state index >= 15 is 0 Å². The van der Waals surface area contributed by atoms with Crippen LogP contribution in [0.15, 0.2) is 4.99 Å². The Kier molecular flexibility index (Phi) is 5.63. The zero-order chi connectivity index (χ0) is 11.8. The van der Waals surface area contributed by atoms with Crippen molar-refractivity contribution >= 4 is 11.9 Å². The minimum atomic E-state index is 0.0118. The van der Waals surface area contributed by atoms with Crippen LogP contribution in [-0.2, 0) is 4.79 Å². The number of carbonyl (C=O) groups excluding carboxylic acids is 1. The first-order valence-corrected chi connectivity index (χ1v) is 5.76. The third-order valence-electron chi connectivity index (χ3n) is 2.56. The molecule has 16 heavy (non-hydrogen) atoms. The Morgan fingerprint density at radius 1 is 1.44 bits per heavy atom. The molecule has 1 saturated heterocycles. The van der Waals surface area contributed by atoms with E-state index in [9.17, 15) is 4.79 Å². The van der Waals surface area contributed by atoms with Gasteiger partial charge in [-0.1, -0.05) is 0 Å². The molecule has 6 nitrogen and oxygen atoms in total. The number of nitrogens with one attached hydrogen (secondary N) is 2. The molecule has 1 heterocycles. The van der Waals surface area contributed by atoms with Crippen LogP contribution in [-0.4, -0.2) is 37.5 Å².